The molecule has 3 rings (SSSR count). The lowest BCUT2D eigenvalue weighted by atomic mass is 10.1. The average molecular weight is 295 g/mol. The van der Waals surface area contributed by atoms with Crippen molar-refractivity contribution in [1.29, 1.82) is 0 Å². The molecule has 4 heteroatoms. The van der Waals surface area contributed by atoms with E-state index in [9.17, 15) is 0 Å². The first-order chi connectivity index (χ1) is 10.7. The molecule has 4 nitrogen and oxygen atoms in total. The third-order valence-electron chi connectivity index (χ3n) is 3.48. The van der Waals surface area contributed by atoms with Gasteiger partial charge in [-0.25, -0.2) is 4.98 Å². The van der Waals surface area contributed by atoms with E-state index in [1.54, 1.807) is 0 Å². The summed E-state index contributed by atoms with van der Waals surface area (Å²) in [5, 5.41) is 4.74. The number of nitrogens with zero attached hydrogens (tertiary/aromatic N) is 1. The molecule has 0 fully saturated rings. The molecule has 2 heterocycles. The van der Waals surface area contributed by atoms with Gasteiger partial charge < -0.3 is 15.0 Å². The normalized spacial score (nSPS) is 11.2. The molecule has 0 amide bonds. The highest BCUT2D eigenvalue weighted by molar-refractivity contribution is 5.82. The minimum absolute atomic E-state index is 0.151. The van der Waals surface area contributed by atoms with Crippen LogP contribution in [-0.4, -0.2) is 16.1 Å². The van der Waals surface area contributed by atoms with Crippen molar-refractivity contribution in [2.45, 2.75) is 33.0 Å². The van der Waals surface area contributed by atoms with E-state index in [4.69, 9.17) is 4.74 Å². The van der Waals surface area contributed by atoms with E-state index in [1.807, 2.05) is 32.3 Å². The highest BCUT2D eigenvalue weighted by Crippen LogP contribution is 2.17. The number of aromatic nitrogens is 2. The van der Waals surface area contributed by atoms with Crippen LogP contribution in [0.5, 0.6) is 5.88 Å². The third-order valence-corrected chi connectivity index (χ3v) is 3.48. The van der Waals surface area contributed by atoms with E-state index < -0.39 is 0 Å². The fourth-order valence-electron chi connectivity index (χ4n) is 2.47. The van der Waals surface area contributed by atoms with Gasteiger partial charge in [-0.05, 0) is 37.1 Å². The second-order valence-electron chi connectivity index (χ2n) is 5.63. The number of pyridine rings is 1. The van der Waals surface area contributed by atoms with Crippen molar-refractivity contribution in [2.75, 3.05) is 0 Å². The lowest BCUT2D eigenvalue weighted by Crippen LogP contribution is -2.13. The Hall–Kier alpha value is -2.33. The molecule has 0 radical (unpaired) electrons. The molecule has 0 bridgehead atoms. The van der Waals surface area contributed by atoms with E-state index in [-0.39, 0.29) is 6.10 Å². The highest BCUT2D eigenvalue weighted by atomic mass is 16.5. The predicted octanol–water partition coefficient (Wildman–Crippen LogP) is 3.64. The second kappa shape index (κ2) is 6.62. The Kier molecular flexibility index (Phi) is 4.39. The van der Waals surface area contributed by atoms with Gasteiger partial charge >= 0.3 is 0 Å². The molecule has 2 N–H and O–H groups in total. The summed E-state index contributed by atoms with van der Waals surface area (Å²) in [5.41, 5.74) is 3.62. The van der Waals surface area contributed by atoms with Crippen molar-refractivity contribution >= 4 is 10.9 Å². The summed E-state index contributed by atoms with van der Waals surface area (Å²) in [6.07, 6.45) is 3.99. The maximum Gasteiger partial charge on any atom is 0.213 e. The number of hydrogen-bond acceptors (Lipinski definition) is 3. The number of benzene rings is 1. The van der Waals surface area contributed by atoms with Gasteiger partial charge in [0.25, 0.3) is 0 Å². The van der Waals surface area contributed by atoms with Gasteiger partial charge in [0.1, 0.15) is 0 Å². The fourth-order valence-corrected chi connectivity index (χ4v) is 2.47. The van der Waals surface area contributed by atoms with Crippen molar-refractivity contribution < 1.29 is 4.74 Å². The van der Waals surface area contributed by atoms with E-state index in [2.05, 4.69) is 45.6 Å². The Morgan fingerprint density at radius 2 is 2.05 bits per heavy atom. The molecule has 0 unspecified atom stereocenters. The minimum atomic E-state index is 0.151. The number of nitrogens with one attached hydrogen (secondary N) is 2. The summed E-state index contributed by atoms with van der Waals surface area (Å²) < 4.78 is 5.55. The number of rotatable bonds is 6. The van der Waals surface area contributed by atoms with Crippen LogP contribution < -0.4 is 10.1 Å². The van der Waals surface area contributed by atoms with Crippen LogP contribution in [0.25, 0.3) is 10.9 Å². The first kappa shape index (κ1) is 14.6. The topological polar surface area (TPSA) is 49.9 Å². The summed E-state index contributed by atoms with van der Waals surface area (Å²) in [7, 11) is 0. The number of fused-ring (bicyclic) bond motifs is 1. The summed E-state index contributed by atoms with van der Waals surface area (Å²) in [5.74, 6) is 0.677. The number of aromatic amines is 1. The van der Waals surface area contributed by atoms with Crippen LogP contribution in [0.15, 0.2) is 48.8 Å². The summed E-state index contributed by atoms with van der Waals surface area (Å²) in [6, 6.07) is 12.4. The number of hydrogen-bond donors (Lipinski definition) is 2. The zero-order valence-electron chi connectivity index (χ0n) is 13.0. The maximum atomic E-state index is 5.55. The van der Waals surface area contributed by atoms with Crippen LogP contribution in [-0.2, 0) is 13.1 Å². The molecular weight excluding hydrogens is 274 g/mol. The molecule has 0 atom stereocenters. The van der Waals surface area contributed by atoms with Gasteiger partial charge in [0.2, 0.25) is 5.88 Å². The van der Waals surface area contributed by atoms with Gasteiger partial charge in [0.05, 0.1) is 6.10 Å². The zero-order valence-corrected chi connectivity index (χ0v) is 13.0. The Bertz CT molecular complexity index is 731. The quantitative estimate of drug-likeness (QED) is 0.730. The van der Waals surface area contributed by atoms with Gasteiger partial charge in [0, 0.05) is 42.5 Å². The second-order valence-corrected chi connectivity index (χ2v) is 5.63. The fraction of sp³-hybridized carbons (Fsp3) is 0.278. The van der Waals surface area contributed by atoms with Crippen LogP contribution >= 0.6 is 0 Å². The Balaban J connectivity index is 1.58. The molecular formula is C18H21N3O. The average Bonchev–Trinajstić information content (AvgIpc) is 2.98. The highest BCUT2D eigenvalue weighted by Gasteiger charge is 2.02. The molecule has 1 aromatic carbocycles. The Labute approximate surface area is 130 Å². The van der Waals surface area contributed by atoms with Crippen LogP contribution in [0.2, 0.25) is 0 Å². The van der Waals surface area contributed by atoms with E-state index in [1.165, 1.54) is 16.5 Å². The molecule has 3 aromatic rings. The summed E-state index contributed by atoms with van der Waals surface area (Å²) in [4.78, 5) is 7.56. The largest absolute Gasteiger partial charge is 0.475 e. The molecule has 0 aliphatic heterocycles. The zero-order chi connectivity index (χ0) is 15.4. The SMILES string of the molecule is CC(C)Oc1ccc(CNCc2cccc3[nH]ccc23)cn1. The molecule has 0 saturated heterocycles. The molecule has 22 heavy (non-hydrogen) atoms. The lowest BCUT2D eigenvalue weighted by molar-refractivity contribution is 0.232. The summed E-state index contributed by atoms with van der Waals surface area (Å²) in [6.45, 7) is 5.62. The van der Waals surface area contributed by atoms with Gasteiger partial charge in [-0.15, -0.1) is 0 Å². The van der Waals surface area contributed by atoms with E-state index in [0.717, 1.165) is 18.7 Å². The number of ether oxygens (including phenoxy) is 1. The van der Waals surface area contributed by atoms with Crippen LogP contribution in [0.3, 0.4) is 0 Å². The van der Waals surface area contributed by atoms with Crippen LogP contribution in [0.1, 0.15) is 25.0 Å². The first-order valence-electron chi connectivity index (χ1n) is 7.59. The standard InChI is InChI=1S/C18H21N3O/c1-13(2)22-18-7-6-14(11-21-18)10-19-12-15-4-3-5-17-16(15)8-9-20-17/h3-9,11,13,19-20H,10,12H2,1-2H3. The maximum absolute atomic E-state index is 5.55. The van der Waals surface area contributed by atoms with Gasteiger partial charge in [-0.2, -0.15) is 0 Å². The van der Waals surface area contributed by atoms with Gasteiger partial charge in [0.15, 0.2) is 0 Å². The first-order valence-corrected chi connectivity index (χ1v) is 7.59. The Morgan fingerprint density at radius 1 is 1.14 bits per heavy atom. The van der Waals surface area contributed by atoms with E-state index in [0.29, 0.717) is 5.88 Å². The van der Waals surface area contributed by atoms with Gasteiger partial charge in [-0.1, -0.05) is 18.2 Å². The lowest BCUT2D eigenvalue weighted by Gasteiger charge is -2.09. The monoisotopic (exact) mass is 295 g/mol. The smallest absolute Gasteiger partial charge is 0.213 e. The van der Waals surface area contributed by atoms with Crippen molar-refractivity contribution in [3.63, 3.8) is 0 Å². The molecule has 114 valence electrons. The van der Waals surface area contributed by atoms with Crippen molar-refractivity contribution in [3.8, 4) is 5.88 Å². The predicted molar refractivity (Wildman–Crippen MR) is 88.8 cm³/mol. The molecule has 2 aromatic heterocycles. The minimum Gasteiger partial charge on any atom is -0.475 e. The number of H-pyrrole nitrogens is 1. The van der Waals surface area contributed by atoms with Gasteiger partial charge in [-0.3, -0.25) is 0 Å². The third kappa shape index (κ3) is 3.46. The molecule has 0 saturated carbocycles. The molecule has 0 aliphatic carbocycles. The Morgan fingerprint density at radius 3 is 2.82 bits per heavy atom. The van der Waals surface area contributed by atoms with E-state index >= 15 is 0 Å². The summed E-state index contributed by atoms with van der Waals surface area (Å²) >= 11 is 0. The van der Waals surface area contributed by atoms with Crippen molar-refractivity contribution in [3.05, 3.63) is 59.9 Å². The molecule has 0 aliphatic rings. The van der Waals surface area contributed by atoms with Crippen molar-refractivity contribution in [1.82, 2.24) is 15.3 Å². The van der Waals surface area contributed by atoms with Crippen LogP contribution in [0, 0.1) is 0 Å². The van der Waals surface area contributed by atoms with Crippen molar-refractivity contribution in [2.24, 2.45) is 0 Å². The molecule has 0 spiro atoms. The van der Waals surface area contributed by atoms with Crippen LogP contribution in [0.4, 0.5) is 0 Å².